The van der Waals surface area contributed by atoms with Crippen LogP contribution in [0.25, 0.3) is 17.0 Å². The van der Waals surface area contributed by atoms with E-state index in [1.807, 2.05) is 12.1 Å². The van der Waals surface area contributed by atoms with Gasteiger partial charge in [0.2, 0.25) is 0 Å². The fourth-order valence-electron chi connectivity index (χ4n) is 1.91. The van der Waals surface area contributed by atoms with E-state index in [-0.39, 0.29) is 11.0 Å². The lowest BCUT2D eigenvalue weighted by atomic mass is 10.1. The average Bonchev–Trinajstić information content (AvgIpc) is 2.39. The summed E-state index contributed by atoms with van der Waals surface area (Å²) in [6.45, 7) is 2.07. The minimum Gasteiger partial charge on any atom is -0.478 e. The predicted octanol–water partition coefficient (Wildman–Crippen LogP) is 2.84. The standard InChI is InChI=1S/C15H14O4/c1-2-3-10-4-6-13-12(8-10)15(18)11(9-19-13)5-7-14(16)17/h4-9H,2-3H2,1H3,(H,16,17)/b7-5+. The van der Waals surface area contributed by atoms with E-state index >= 15 is 0 Å². The van der Waals surface area contributed by atoms with Crippen LogP contribution >= 0.6 is 0 Å². The van der Waals surface area contributed by atoms with Crippen LogP contribution in [0.3, 0.4) is 0 Å². The molecule has 0 amide bonds. The van der Waals surface area contributed by atoms with Crippen molar-refractivity contribution in [3.63, 3.8) is 0 Å². The van der Waals surface area contributed by atoms with Crippen LogP contribution in [0.4, 0.5) is 0 Å². The van der Waals surface area contributed by atoms with Crippen LogP contribution < -0.4 is 5.43 Å². The maximum absolute atomic E-state index is 12.2. The number of fused-ring (bicyclic) bond motifs is 1. The van der Waals surface area contributed by atoms with Gasteiger partial charge in [0, 0.05) is 6.08 Å². The zero-order valence-corrected chi connectivity index (χ0v) is 10.6. The first-order valence-electron chi connectivity index (χ1n) is 6.07. The molecule has 0 spiro atoms. The molecule has 0 fully saturated rings. The zero-order chi connectivity index (χ0) is 13.8. The highest BCUT2D eigenvalue weighted by molar-refractivity contribution is 5.86. The lowest BCUT2D eigenvalue weighted by Gasteiger charge is -2.02. The van der Waals surface area contributed by atoms with Gasteiger partial charge in [-0.15, -0.1) is 0 Å². The molecule has 0 atom stereocenters. The molecule has 2 aromatic rings. The van der Waals surface area contributed by atoms with Crippen LogP contribution in [0.15, 0.2) is 39.7 Å². The van der Waals surface area contributed by atoms with Gasteiger partial charge in [0.15, 0.2) is 5.43 Å². The number of rotatable bonds is 4. The maximum atomic E-state index is 12.2. The Bertz CT molecular complexity index is 695. The van der Waals surface area contributed by atoms with E-state index in [1.54, 1.807) is 6.07 Å². The average molecular weight is 258 g/mol. The van der Waals surface area contributed by atoms with E-state index in [0.717, 1.165) is 24.5 Å². The molecule has 0 aliphatic rings. The van der Waals surface area contributed by atoms with Gasteiger partial charge in [0.25, 0.3) is 0 Å². The van der Waals surface area contributed by atoms with E-state index in [1.165, 1.54) is 12.3 Å². The lowest BCUT2D eigenvalue weighted by Crippen LogP contribution is -2.05. The number of hydrogen-bond donors (Lipinski definition) is 1. The summed E-state index contributed by atoms with van der Waals surface area (Å²) in [6, 6.07) is 5.51. The second-order valence-corrected chi connectivity index (χ2v) is 4.27. The third-order valence-electron chi connectivity index (χ3n) is 2.81. The Kier molecular flexibility index (Phi) is 3.80. The molecular formula is C15H14O4. The van der Waals surface area contributed by atoms with Crippen LogP contribution in [0.1, 0.15) is 24.5 Å². The number of hydrogen-bond acceptors (Lipinski definition) is 3. The molecule has 0 aliphatic heterocycles. The quantitative estimate of drug-likeness (QED) is 0.856. The van der Waals surface area contributed by atoms with Crippen LogP contribution in [-0.2, 0) is 11.2 Å². The summed E-state index contributed by atoms with van der Waals surface area (Å²) in [5, 5.41) is 9.06. The summed E-state index contributed by atoms with van der Waals surface area (Å²) >= 11 is 0. The number of aryl methyl sites for hydroxylation is 1. The molecule has 0 aliphatic carbocycles. The summed E-state index contributed by atoms with van der Waals surface area (Å²) in [6.07, 6.45) is 5.34. The molecule has 1 N–H and O–H groups in total. The first-order chi connectivity index (χ1) is 9.11. The fourth-order valence-corrected chi connectivity index (χ4v) is 1.91. The predicted molar refractivity (Wildman–Crippen MR) is 73.1 cm³/mol. The van der Waals surface area contributed by atoms with Crippen molar-refractivity contribution in [3.8, 4) is 0 Å². The Morgan fingerprint density at radius 1 is 1.42 bits per heavy atom. The summed E-state index contributed by atoms with van der Waals surface area (Å²) in [5.74, 6) is -1.10. The molecule has 0 unspecified atom stereocenters. The lowest BCUT2D eigenvalue weighted by molar-refractivity contribution is -0.131. The third-order valence-corrected chi connectivity index (χ3v) is 2.81. The molecule has 1 heterocycles. The van der Waals surface area contributed by atoms with Crippen LogP contribution in [0.5, 0.6) is 0 Å². The number of carboxylic acids is 1. The van der Waals surface area contributed by atoms with Crippen molar-refractivity contribution in [1.82, 2.24) is 0 Å². The smallest absolute Gasteiger partial charge is 0.328 e. The van der Waals surface area contributed by atoms with Crippen molar-refractivity contribution < 1.29 is 14.3 Å². The Balaban J connectivity index is 2.55. The molecule has 98 valence electrons. The van der Waals surface area contributed by atoms with Crippen molar-refractivity contribution >= 4 is 23.0 Å². The summed E-state index contributed by atoms with van der Waals surface area (Å²) in [4.78, 5) is 22.7. The number of carboxylic acid groups (broad SMARTS) is 1. The number of carbonyl (C=O) groups is 1. The van der Waals surface area contributed by atoms with Gasteiger partial charge < -0.3 is 9.52 Å². The molecule has 4 nitrogen and oxygen atoms in total. The van der Waals surface area contributed by atoms with Gasteiger partial charge >= 0.3 is 5.97 Å². The normalized spacial score (nSPS) is 11.2. The highest BCUT2D eigenvalue weighted by Gasteiger charge is 2.06. The summed E-state index contributed by atoms with van der Waals surface area (Å²) < 4.78 is 5.34. The second kappa shape index (κ2) is 5.52. The van der Waals surface area contributed by atoms with Gasteiger partial charge in [-0.3, -0.25) is 4.79 Å². The second-order valence-electron chi connectivity index (χ2n) is 4.27. The van der Waals surface area contributed by atoms with E-state index < -0.39 is 5.97 Å². The van der Waals surface area contributed by atoms with Crippen molar-refractivity contribution in [2.45, 2.75) is 19.8 Å². The van der Waals surface area contributed by atoms with E-state index in [0.29, 0.717) is 11.0 Å². The Morgan fingerprint density at radius 3 is 2.89 bits per heavy atom. The van der Waals surface area contributed by atoms with Crippen molar-refractivity contribution in [1.29, 1.82) is 0 Å². The van der Waals surface area contributed by atoms with Crippen LogP contribution in [0, 0.1) is 0 Å². The molecule has 1 aromatic heterocycles. The Morgan fingerprint density at radius 2 is 2.21 bits per heavy atom. The minimum atomic E-state index is -1.10. The van der Waals surface area contributed by atoms with Crippen LogP contribution in [0.2, 0.25) is 0 Å². The number of aliphatic carboxylic acids is 1. The van der Waals surface area contributed by atoms with E-state index in [9.17, 15) is 9.59 Å². The monoisotopic (exact) mass is 258 g/mol. The summed E-state index contributed by atoms with van der Waals surface area (Å²) in [7, 11) is 0. The maximum Gasteiger partial charge on any atom is 0.328 e. The van der Waals surface area contributed by atoms with Crippen molar-refractivity contribution in [2.24, 2.45) is 0 Å². The first kappa shape index (κ1) is 13.1. The van der Waals surface area contributed by atoms with Crippen molar-refractivity contribution in [2.75, 3.05) is 0 Å². The molecule has 0 saturated carbocycles. The molecular weight excluding hydrogens is 244 g/mol. The van der Waals surface area contributed by atoms with Gasteiger partial charge in [-0.2, -0.15) is 0 Å². The zero-order valence-electron chi connectivity index (χ0n) is 10.6. The molecule has 0 saturated heterocycles. The topological polar surface area (TPSA) is 67.5 Å². The third kappa shape index (κ3) is 2.91. The number of benzene rings is 1. The van der Waals surface area contributed by atoms with Crippen molar-refractivity contribution in [3.05, 3.63) is 51.9 Å². The molecule has 0 radical (unpaired) electrons. The van der Waals surface area contributed by atoms with Gasteiger partial charge in [-0.05, 0) is 30.2 Å². The van der Waals surface area contributed by atoms with E-state index in [4.69, 9.17) is 9.52 Å². The van der Waals surface area contributed by atoms with E-state index in [2.05, 4.69) is 6.92 Å². The minimum absolute atomic E-state index is 0.211. The SMILES string of the molecule is CCCc1ccc2occ(/C=C/C(=O)O)c(=O)c2c1. The van der Waals surface area contributed by atoms with Gasteiger partial charge in [0.1, 0.15) is 11.8 Å². The molecule has 2 rings (SSSR count). The van der Waals surface area contributed by atoms with Gasteiger partial charge in [-0.1, -0.05) is 19.4 Å². The van der Waals surface area contributed by atoms with Gasteiger partial charge in [-0.25, -0.2) is 4.79 Å². The Hall–Kier alpha value is -2.36. The fraction of sp³-hybridized carbons (Fsp3) is 0.200. The molecule has 0 bridgehead atoms. The highest BCUT2D eigenvalue weighted by atomic mass is 16.4. The molecule has 4 heteroatoms. The highest BCUT2D eigenvalue weighted by Crippen LogP contribution is 2.15. The first-order valence-corrected chi connectivity index (χ1v) is 6.07. The molecule has 1 aromatic carbocycles. The largest absolute Gasteiger partial charge is 0.478 e. The van der Waals surface area contributed by atoms with Crippen LogP contribution in [-0.4, -0.2) is 11.1 Å². The Labute approximate surface area is 110 Å². The van der Waals surface area contributed by atoms with Gasteiger partial charge in [0.05, 0.1) is 10.9 Å². The summed E-state index contributed by atoms with van der Waals surface area (Å²) in [5.41, 5.74) is 1.61. The molecule has 19 heavy (non-hydrogen) atoms.